The third-order valence-electron chi connectivity index (χ3n) is 4.03. The summed E-state index contributed by atoms with van der Waals surface area (Å²) < 4.78 is 0. The second kappa shape index (κ2) is 4.73. The molecular formula is C15H21NO2. The molecule has 3 heteroatoms. The summed E-state index contributed by atoms with van der Waals surface area (Å²) in [5.41, 5.74) is -0.0375. The van der Waals surface area contributed by atoms with Crippen molar-refractivity contribution in [2.24, 2.45) is 5.92 Å². The number of benzene rings is 1. The molecule has 1 aromatic rings. The first-order valence-electron chi connectivity index (χ1n) is 6.53. The Labute approximate surface area is 108 Å². The van der Waals surface area contributed by atoms with E-state index >= 15 is 0 Å². The van der Waals surface area contributed by atoms with Crippen molar-refractivity contribution in [2.45, 2.75) is 38.3 Å². The standard InChI is InChI=1S/C15H21NO2/c1-11(2)15(14(17)18,16(3)13-9-10-13)12-7-5-4-6-8-12/h4-8,11,13H,9-10H2,1-3H3,(H,17,18). The molecule has 0 heterocycles. The van der Waals surface area contributed by atoms with Crippen LogP contribution in [-0.4, -0.2) is 29.1 Å². The fourth-order valence-corrected chi connectivity index (χ4v) is 2.91. The molecule has 1 atom stereocenters. The average molecular weight is 247 g/mol. The lowest BCUT2D eigenvalue weighted by molar-refractivity contribution is -0.155. The van der Waals surface area contributed by atoms with E-state index in [0.717, 1.165) is 18.4 Å². The van der Waals surface area contributed by atoms with Gasteiger partial charge in [-0.15, -0.1) is 0 Å². The van der Waals surface area contributed by atoms with E-state index in [1.54, 1.807) is 0 Å². The molecule has 0 amide bonds. The maximum atomic E-state index is 12.0. The third-order valence-corrected chi connectivity index (χ3v) is 4.03. The van der Waals surface area contributed by atoms with E-state index in [1.807, 2.05) is 51.2 Å². The van der Waals surface area contributed by atoms with Gasteiger partial charge in [-0.25, -0.2) is 4.79 Å². The van der Waals surface area contributed by atoms with Crippen molar-refractivity contribution in [3.63, 3.8) is 0 Å². The largest absolute Gasteiger partial charge is 0.480 e. The fraction of sp³-hybridized carbons (Fsp3) is 0.533. The molecule has 0 saturated heterocycles. The first kappa shape index (κ1) is 13.1. The lowest BCUT2D eigenvalue weighted by atomic mass is 9.78. The molecule has 0 spiro atoms. The first-order chi connectivity index (χ1) is 8.51. The molecule has 0 aromatic heterocycles. The van der Waals surface area contributed by atoms with Gasteiger partial charge in [-0.2, -0.15) is 0 Å². The molecule has 1 N–H and O–H groups in total. The van der Waals surface area contributed by atoms with Gasteiger partial charge in [-0.05, 0) is 31.4 Å². The van der Waals surface area contributed by atoms with E-state index in [-0.39, 0.29) is 5.92 Å². The molecule has 0 aliphatic heterocycles. The zero-order valence-corrected chi connectivity index (χ0v) is 11.3. The summed E-state index contributed by atoms with van der Waals surface area (Å²) in [5, 5.41) is 9.85. The van der Waals surface area contributed by atoms with Gasteiger partial charge < -0.3 is 5.11 Å². The summed E-state index contributed by atoms with van der Waals surface area (Å²) in [6, 6.07) is 10.0. The van der Waals surface area contributed by atoms with E-state index in [0.29, 0.717) is 6.04 Å². The number of carboxylic acids is 1. The smallest absolute Gasteiger partial charge is 0.329 e. The summed E-state index contributed by atoms with van der Waals surface area (Å²) in [5.74, 6) is -0.735. The number of hydrogen-bond acceptors (Lipinski definition) is 2. The van der Waals surface area contributed by atoms with E-state index in [4.69, 9.17) is 0 Å². The molecule has 2 rings (SSSR count). The number of nitrogens with zero attached hydrogens (tertiary/aromatic N) is 1. The maximum absolute atomic E-state index is 12.0. The van der Waals surface area contributed by atoms with Crippen LogP contribution in [-0.2, 0) is 10.3 Å². The van der Waals surface area contributed by atoms with Gasteiger partial charge in [0.05, 0.1) is 0 Å². The number of carboxylic acid groups (broad SMARTS) is 1. The van der Waals surface area contributed by atoms with Crippen LogP contribution in [0, 0.1) is 5.92 Å². The van der Waals surface area contributed by atoms with Crippen molar-refractivity contribution in [1.82, 2.24) is 4.90 Å². The SMILES string of the molecule is CC(C)C(C(=O)O)(c1ccccc1)N(C)C1CC1. The molecule has 18 heavy (non-hydrogen) atoms. The van der Waals surface area contributed by atoms with Gasteiger partial charge in [0, 0.05) is 6.04 Å². The van der Waals surface area contributed by atoms with E-state index in [1.165, 1.54) is 0 Å². The molecule has 0 radical (unpaired) electrons. The molecule has 3 nitrogen and oxygen atoms in total. The van der Waals surface area contributed by atoms with Gasteiger partial charge in [-0.1, -0.05) is 44.2 Å². The van der Waals surface area contributed by atoms with Crippen molar-refractivity contribution in [1.29, 1.82) is 0 Å². The zero-order valence-electron chi connectivity index (χ0n) is 11.3. The highest BCUT2D eigenvalue weighted by Crippen LogP contribution is 2.42. The summed E-state index contributed by atoms with van der Waals surface area (Å²) in [4.78, 5) is 14.0. The molecule has 98 valence electrons. The molecule has 1 unspecified atom stereocenters. The van der Waals surface area contributed by atoms with Crippen LogP contribution in [0.4, 0.5) is 0 Å². The molecule has 1 fully saturated rings. The van der Waals surface area contributed by atoms with Crippen molar-refractivity contribution in [3.05, 3.63) is 35.9 Å². The normalized spacial score (nSPS) is 18.9. The maximum Gasteiger partial charge on any atom is 0.329 e. The number of hydrogen-bond donors (Lipinski definition) is 1. The monoisotopic (exact) mass is 247 g/mol. The van der Waals surface area contributed by atoms with Crippen molar-refractivity contribution < 1.29 is 9.90 Å². The summed E-state index contributed by atoms with van der Waals surface area (Å²) in [7, 11) is 1.94. The molecular weight excluding hydrogens is 226 g/mol. The quantitative estimate of drug-likeness (QED) is 0.869. The zero-order chi connectivity index (χ0) is 13.3. The van der Waals surface area contributed by atoms with Crippen LogP contribution in [0.3, 0.4) is 0 Å². The molecule has 1 aliphatic rings. The third kappa shape index (κ3) is 1.93. The minimum Gasteiger partial charge on any atom is -0.480 e. The fourth-order valence-electron chi connectivity index (χ4n) is 2.91. The van der Waals surface area contributed by atoms with Crippen molar-refractivity contribution in [3.8, 4) is 0 Å². The summed E-state index contributed by atoms with van der Waals surface area (Å²) in [6.07, 6.45) is 2.20. The van der Waals surface area contributed by atoms with E-state index in [9.17, 15) is 9.90 Å². The van der Waals surface area contributed by atoms with E-state index in [2.05, 4.69) is 4.90 Å². The molecule has 1 aliphatic carbocycles. The minimum absolute atomic E-state index is 0.0167. The van der Waals surface area contributed by atoms with Crippen LogP contribution in [0.15, 0.2) is 30.3 Å². The Bertz CT molecular complexity index is 425. The van der Waals surface area contributed by atoms with Gasteiger partial charge in [0.1, 0.15) is 5.54 Å². The highest BCUT2D eigenvalue weighted by atomic mass is 16.4. The Morgan fingerprint density at radius 3 is 2.28 bits per heavy atom. The number of aliphatic carboxylic acids is 1. The Hall–Kier alpha value is -1.35. The highest BCUT2D eigenvalue weighted by molar-refractivity contribution is 5.81. The van der Waals surface area contributed by atoms with Crippen LogP contribution in [0.5, 0.6) is 0 Å². The Morgan fingerprint density at radius 2 is 1.89 bits per heavy atom. The summed E-state index contributed by atoms with van der Waals surface area (Å²) in [6.45, 7) is 3.97. The Balaban J connectivity index is 2.53. The van der Waals surface area contributed by atoms with Gasteiger partial charge in [0.2, 0.25) is 0 Å². The van der Waals surface area contributed by atoms with Gasteiger partial charge in [-0.3, -0.25) is 4.90 Å². The van der Waals surface area contributed by atoms with Gasteiger partial charge in [0.25, 0.3) is 0 Å². The summed E-state index contributed by atoms with van der Waals surface area (Å²) >= 11 is 0. The predicted molar refractivity (Wildman–Crippen MR) is 71.4 cm³/mol. The lowest BCUT2D eigenvalue weighted by Crippen LogP contribution is -2.54. The number of carbonyl (C=O) groups is 1. The van der Waals surface area contributed by atoms with Crippen molar-refractivity contribution >= 4 is 5.97 Å². The highest BCUT2D eigenvalue weighted by Gasteiger charge is 2.51. The van der Waals surface area contributed by atoms with Crippen LogP contribution in [0.1, 0.15) is 32.3 Å². The number of likely N-dealkylation sites (N-methyl/N-ethyl adjacent to an activating group) is 1. The van der Waals surface area contributed by atoms with Crippen LogP contribution in [0.25, 0.3) is 0 Å². The second-order valence-corrected chi connectivity index (χ2v) is 5.43. The van der Waals surface area contributed by atoms with Crippen LogP contribution in [0.2, 0.25) is 0 Å². The minimum atomic E-state index is -0.914. The van der Waals surface area contributed by atoms with E-state index < -0.39 is 11.5 Å². The molecule has 1 saturated carbocycles. The second-order valence-electron chi connectivity index (χ2n) is 5.43. The van der Waals surface area contributed by atoms with Crippen LogP contribution >= 0.6 is 0 Å². The van der Waals surface area contributed by atoms with Crippen LogP contribution < -0.4 is 0 Å². The Kier molecular flexibility index (Phi) is 3.44. The van der Waals surface area contributed by atoms with Gasteiger partial charge in [0.15, 0.2) is 0 Å². The molecule has 0 bridgehead atoms. The van der Waals surface area contributed by atoms with Crippen molar-refractivity contribution in [2.75, 3.05) is 7.05 Å². The predicted octanol–water partition coefficient (Wildman–Crippen LogP) is 2.72. The number of rotatable bonds is 5. The average Bonchev–Trinajstić information content (AvgIpc) is 3.13. The first-order valence-corrected chi connectivity index (χ1v) is 6.53. The lowest BCUT2D eigenvalue weighted by Gasteiger charge is -2.42. The molecule has 1 aromatic carbocycles. The Morgan fingerprint density at radius 1 is 1.33 bits per heavy atom. The topological polar surface area (TPSA) is 40.5 Å². The van der Waals surface area contributed by atoms with Gasteiger partial charge >= 0.3 is 5.97 Å².